The summed E-state index contributed by atoms with van der Waals surface area (Å²) in [5.74, 6) is -0.256. The fourth-order valence-corrected chi connectivity index (χ4v) is 1.62. The number of hydrogen-bond acceptors (Lipinski definition) is 3. The molecule has 3 heteroatoms. The second-order valence-electron chi connectivity index (χ2n) is 3.65. The molecule has 1 N–H and O–H groups in total. The van der Waals surface area contributed by atoms with E-state index < -0.39 is 6.10 Å². The van der Waals surface area contributed by atoms with Crippen LogP contribution < -0.4 is 0 Å². The topological polar surface area (TPSA) is 46.5 Å². The lowest BCUT2D eigenvalue weighted by Crippen LogP contribution is -2.20. The Labute approximate surface area is 79.1 Å². The van der Waals surface area contributed by atoms with Crippen molar-refractivity contribution in [1.29, 1.82) is 0 Å². The van der Waals surface area contributed by atoms with Crippen LogP contribution in [0.5, 0.6) is 0 Å². The highest BCUT2D eigenvalue weighted by atomic mass is 16.6. The monoisotopic (exact) mass is 186 g/mol. The van der Waals surface area contributed by atoms with Gasteiger partial charge in [0.1, 0.15) is 12.2 Å². The summed E-state index contributed by atoms with van der Waals surface area (Å²) in [6.45, 7) is 2.16. The molecule has 13 heavy (non-hydrogen) atoms. The molecule has 1 fully saturated rings. The summed E-state index contributed by atoms with van der Waals surface area (Å²) in [6.07, 6.45) is 4.83. The van der Waals surface area contributed by atoms with Gasteiger partial charge in [-0.05, 0) is 12.8 Å². The fourth-order valence-electron chi connectivity index (χ4n) is 1.62. The van der Waals surface area contributed by atoms with Gasteiger partial charge in [0.05, 0.1) is 6.42 Å². The van der Waals surface area contributed by atoms with Gasteiger partial charge in [-0.3, -0.25) is 4.79 Å². The van der Waals surface area contributed by atoms with Crippen LogP contribution in [0.1, 0.15) is 45.4 Å². The maximum atomic E-state index is 10.8. The third-order valence-electron chi connectivity index (χ3n) is 2.43. The number of ether oxygens (including phenoxy) is 1. The normalized spacial score (nSPS) is 27.7. The van der Waals surface area contributed by atoms with Crippen molar-refractivity contribution in [2.45, 2.75) is 57.7 Å². The first kappa shape index (κ1) is 10.5. The molecule has 0 aromatic heterocycles. The lowest BCUT2D eigenvalue weighted by molar-refractivity contribution is -0.142. The number of unbranched alkanes of at least 4 members (excludes halogenated alkanes) is 3. The zero-order valence-electron chi connectivity index (χ0n) is 8.16. The molecular formula is C10H18O3. The van der Waals surface area contributed by atoms with Crippen molar-refractivity contribution < 1.29 is 14.6 Å². The Bertz CT molecular complexity index is 168. The molecule has 0 bridgehead atoms. The number of rotatable bonds is 5. The third kappa shape index (κ3) is 3.35. The first-order chi connectivity index (χ1) is 6.24. The molecule has 2 atom stereocenters. The Morgan fingerprint density at radius 2 is 2.23 bits per heavy atom. The number of aliphatic hydroxyl groups is 1. The highest BCUT2D eigenvalue weighted by Crippen LogP contribution is 2.20. The SMILES string of the molecule is CCCCCC[C@H]1OC(=O)C[C@H]1O. The largest absolute Gasteiger partial charge is 0.460 e. The maximum Gasteiger partial charge on any atom is 0.308 e. The van der Waals surface area contributed by atoms with E-state index in [0.717, 1.165) is 19.3 Å². The van der Waals surface area contributed by atoms with Gasteiger partial charge in [-0.1, -0.05) is 26.2 Å². The molecule has 0 unspecified atom stereocenters. The van der Waals surface area contributed by atoms with Gasteiger partial charge in [0, 0.05) is 0 Å². The minimum Gasteiger partial charge on any atom is -0.460 e. The van der Waals surface area contributed by atoms with E-state index in [1.165, 1.54) is 12.8 Å². The molecule has 0 saturated carbocycles. The first-order valence-corrected chi connectivity index (χ1v) is 5.11. The van der Waals surface area contributed by atoms with Gasteiger partial charge in [-0.25, -0.2) is 0 Å². The molecular weight excluding hydrogens is 168 g/mol. The van der Waals surface area contributed by atoms with E-state index in [1.54, 1.807) is 0 Å². The van der Waals surface area contributed by atoms with Crippen LogP contribution in [-0.4, -0.2) is 23.3 Å². The van der Waals surface area contributed by atoms with Crippen molar-refractivity contribution in [3.05, 3.63) is 0 Å². The summed E-state index contributed by atoms with van der Waals surface area (Å²) in [5.41, 5.74) is 0. The van der Waals surface area contributed by atoms with Crippen LogP contribution >= 0.6 is 0 Å². The molecule has 1 heterocycles. The predicted molar refractivity (Wildman–Crippen MR) is 49.3 cm³/mol. The third-order valence-corrected chi connectivity index (χ3v) is 2.43. The van der Waals surface area contributed by atoms with Crippen LogP contribution in [0.2, 0.25) is 0 Å². The molecule has 0 amide bonds. The van der Waals surface area contributed by atoms with Crippen molar-refractivity contribution in [1.82, 2.24) is 0 Å². The molecule has 0 aliphatic carbocycles. The van der Waals surface area contributed by atoms with Crippen LogP contribution in [0.25, 0.3) is 0 Å². The van der Waals surface area contributed by atoms with E-state index in [-0.39, 0.29) is 18.5 Å². The van der Waals surface area contributed by atoms with Gasteiger partial charge in [0.2, 0.25) is 0 Å². The lowest BCUT2D eigenvalue weighted by Gasteiger charge is -2.11. The summed E-state index contributed by atoms with van der Waals surface area (Å²) in [4.78, 5) is 10.8. The van der Waals surface area contributed by atoms with Crippen molar-refractivity contribution >= 4 is 5.97 Å². The van der Waals surface area contributed by atoms with Crippen LogP contribution in [0.4, 0.5) is 0 Å². The van der Waals surface area contributed by atoms with Gasteiger partial charge < -0.3 is 9.84 Å². The molecule has 1 aliphatic rings. The highest BCUT2D eigenvalue weighted by Gasteiger charge is 2.32. The number of aliphatic hydroxyl groups excluding tert-OH is 1. The number of esters is 1. The quantitative estimate of drug-likeness (QED) is 0.524. The zero-order chi connectivity index (χ0) is 9.68. The van der Waals surface area contributed by atoms with Crippen LogP contribution in [0.3, 0.4) is 0 Å². The number of carbonyl (C=O) groups excluding carboxylic acids is 1. The van der Waals surface area contributed by atoms with Gasteiger partial charge in [0.25, 0.3) is 0 Å². The first-order valence-electron chi connectivity index (χ1n) is 5.11. The second kappa shape index (κ2) is 5.22. The Kier molecular flexibility index (Phi) is 4.22. The summed E-state index contributed by atoms with van der Waals surface area (Å²) in [5, 5.41) is 9.37. The van der Waals surface area contributed by atoms with E-state index in [1.807, 2.05) is 0 Å². The Morgan fingerprint density at radius 1 is 1.46 bits per heavy atom. The van der Waals surface area contributed by atoms with E-state index >= 15 is 0 Å². The molecule has 0 radical (unpaired) electrons. The van der Waals surface area contributed by atoms with Gasteiger partial charge >= 0.3 is 5.97 Å². The average molecular weight is 186 g/mol. The summed E-state index contributed by atoms with van der Waals surface area (Å²) in [6, 6.07) is 0. The van der Waals surface area contributed by atoms with Crippen LogP contribution in [0, 0.1) is 0 Å². The van der Waals surface area contributed by atoms with Gasteiger partial charge in [-0.15, -0.1) is 0 Å². The smallest absolute Gasteiger partial charge is 0.308 e. The second-order valence-corrected chi connectivity index (χ2v) is 3.65. The van der Waals surface area contributed by atoms with Crippen LogP contribution in [-0.2, 0) is 9.53 Å². The van der Waals surface area contributed by atoms with Crippen molar-refractivity contribution in [3.63, 3.8) is 0 Å². The maximum absolute atomic E-state index is 10.8. The average Bonchev–Trinajstić information content (AvgIpc) is 2.39. The molecule has 0 spiro atoms. The molecule has 0 aromatic rings. The Hall–Kier alpha value is -0.570. The molecule has 76 valence electrons. The standard InChI is InChI=1S/C10H18O3/c1-2-3-4-5-6-9-8(11)7-10(12)13-9/h8-9,11H,2-7H2,1H3/t8-,9-/m1/s1. The van der Waals surface area contributed by atoms with Crippen molar-refractivity contribution in [2.75, 3.05) is 0 Å². The Balaban J connectivity index is 2.11. The van der Waals surface area contributed by atoms with Crippen molar-refractivity contribution in [3.8, 4) is 0 Å². The summed E-state index contributed by atoms with van der Waals surface area (Å²) < 4.78 is 4.96. The minimum atomic E-state index is -0.561. The van der Waals surface area contributed by atoms with Gasteiger partial charge in [0.15, 0.2) is 0 Å². The summed E-state index contributed by atoms with van der Waals surface area (Å²) in [7, 11) is 0. The number of cyclic esters (lactones) is 1. The predicted octanol–water partition coefficient (Wildman–Crippen LogP) is 1.63. The Morgan fingerprint density at radius 3 is 2.77 bits per heavy atom. The minimum absolute atomic E-state index is 0.179. The molecule has 1 saturated heterocycles. The summed E-state index contributed by atoms with van der Waals surface area (Å²) >= 11 is 0. The van der Waals surface area contributed by atoms with E-state index in [9.17, 15) is 9.90 Å². The molecule has 1 aliphatic heterocycles. The van der Waals surface area contributed by atoms with Crippen molar-refractivity contribution in [2.24, 2.45) is 0 Å². The van der Waals surface area contributed by atoms with Gasteiger partial charge in [-0.2, -0.15) is 0 Å². The number of carbonyl (C=O) groups is 1. The fraction of sp³-hybridized carbons (Fsp3) is 0.900. The molecule has 1 rings (SSSR count). The molecule has 0 aromatic carbocycles. The number of hydrogen-bond donors (Lipinski definition) is 1. The molecule has 3 nitrogen and oxygen atoms in total. The zero-order valence-corrected chi connectivity index (χ0v) is 8.16. The van der Waals surface area contributed by atoms with Crippen LogP contribution in [0.15, 0.2) is 0 Å². The van der Waals surface area contributed by atoms with E-state index in [0.29, 0.717) is 0 Å². The highest BCUT2D eigenvalue weighted by molar-refractivity contribution is 5.72. The van der Waals surface area contributed by atoms with E-state index in [2.05, 4.69) is 6.92 Å². The van der Waals surface area contributed by atoms with E-state index in [4.69, 9.17) is 4.74 Å². The lowest BCUT2D eigenvalue weighted by atomic mass is 10.1.